The van der Waals surface area contributed by atoms with Gasteiger partial charge in [0.25, 0.3) is 0 Å². The Labute approximate surface area is 100 Å². The Balaban J connectivity index is 2.60. The SMILES string of the molecule is CCOC(=O)[C@H](N)Cc1ccc(B(O)O)cc1. The number of ether oxygens (including phenoxy) is 1. The summed E-state index contributed by atoms with van der Waals surface area (Å²) in [7, 11) is -1.48. The highest BCUT2D eigenvalue weighted by Crippen LogP contribution is 2.02. The second-order valence-corrected chi connectivity index (χ2v) is 3.68. The van der Waals surface area contributed by atoms with Crippen LogP contribution in [0.4, 0.5) is 0 Å². The van der Waals surface area contributed by atoms with Gasteiger partial charge in [0.1, 0.15) is 6.04 Å². The molecule has 92 valence electrons. The molecule has 1 aromatic carbocycles. The summed E-state index contributed by atoms with van der Waals surface area (Å²) in [5, 5.41) is 17.8. The van der Waals surface area contributed by atoms with Crippen LogP contribution in [-0.4, -0.2) is 35.8 Å². The number of hydrogen-bond acceptors (Lipinski definition) is 5. The van der Waals surface area contributed by atoms with Crippen molar-refractivity contribution >= 4 is 18.6 Å². The standard InChI is InChI=1S/C11H16BNO4/c1-2-17-11(14)10(13)7-8-3-5-9(6-4-8)12(15)16/h3-6,10,15-16H,2,7,13H2,1H3/t10-/m1/s1. The van der Waals surface area contributed by atoms with E-state index in [-0.39, 0.29) is 0 Å². The Kier molecular flexibility index (Phi) is 5.15. The quantitative estimate of drug-likeness (QED) is 0.441. The first kappa shape index (κ1) is 13.7. The van der Waals surface area contributed by atoms with E-state index in [0.29, 0.717) is 18.5 Å². The van der Waals surface area contributed by atoms with Gasteiger partial charge in [-0.15, -0.1) is 0 Å². The van der Waals surface area contributed by atoms with Crippen molar-refractivity contribution in [3.05, 3.63) is 29.8 Å². The summed E-state index contributed by atoms with van der Waals surface area (Å²) < 4.78 is 4.79. The van der Waals surface area contributed by atoms with Gasteiger partial charge in [0.05, 0.1) is 6.61 Å². The van der Waals surface area contributed by atoms with Gasteiger partial charge in [0.15, 0.2) is 0 Å². The van der Waals surface area contributed by atoms with E-state index in [9.17, 15) is 4.79 Å². The van der Waals surface area contributed by atoms with Crippen LogP contribution in [0.5, 0.6) is 0 Å². The van der Waals surface area contributed by atoms with Crippen LogP contribution in [0, 0.1) is 0 Å². The van der Waals surface area contributed by atoms with Crippen LogP contribution in [0.1, 0.15) is 12.5 Å². The summed E-state index contributed by atoms with van der Waals surface area (Å²) in [6.07, 6.45) is 0.362. The number of carbonyl (C=O) groups excluding carboxylic acids is 1. The minimum absolute atomic E-state index is 0.308. The van der Waals surface area contributed by atoms with Gasteiger partial charge in [-0.3, -0.25) is 4.79 Å². The fourth-order valence-electron chi connectivity index (χ4n) is 1.41. The maximum atomic E-state index is 11.3. The average Bonchev–Trinajstić information content (AvgIpc) is 2.30. The summed E-state index contributed by atoms with van der Waals surface area (Å²) in [4.78, 5) is 11.3. The largest absolute Gasteiger partial charge is 0.488 e. The minimum Gasteiger partial charge on any atom is -0.465 e. The highest BCUT2D eigenvalue weighted by molar-refractivity contribution is 6.58. The highest BCUT2D eigenvalue weighted by atomic mass is 16.5. The number of esters is 1. The zero-order valence-electron chi connectivity index (χ0n) is 9.67. The third-order valence-corrected chi connectivity index (χ3v) is 2.32. The molecule has 6 heteroatoms. The van der Waals surface area contributed by atoms with Crippen molar-refractivity contribution in [2.75, 3.05) is 6.61 Å². The molecule has 0 aliphatic rings. The molecule has 1 atom stereocenters. The topological polar surface area (TPSA) is 92.8 Å². The molecule has 1 aromatic rings. The average molecular weight is 237 g/mol. The van der Waals surface area contributed by atoms with E-state index in [1.165, 1.54) is 0 Å². The first-order valence-corrected chi connectivity index (χ1v) is 5.41. The number of rotatable bonds is 5. The zero-order chi connectivity index (χ0) is 12.8. The predicted molar refractivity (Wildman–Crippen MR) is 64.6 cm³/mol. The molecular weight excluding hydrogens is 221 g/mol. The summed E-state index contributed by atoms with van der Waals surface area (Å²) in [5.41, 5.74) is 6.90. The van der Waals surface area contributed by atoms with Gasteiger partial charge in [-0.05, 0) is 24.4 Å². The van der Waals surface area contributed by atoms with Gasteiger partial charge < -0.3 is 20.5 Å². The lowest BCUT2D eigenvalue weighted by atomic mass is 9.80. The fourth-order valence-corrected chi connectivity index (χ4v) is 1.41. The molecule has 0 aliphatic carbocycles. The van der Waals surface area contributed by atoms with Crippen LogP contribution in [-0.2, 0) is 16.0 Å². The molecule has 0 fully saturated rings. The van der Waals surface area contributed by atoms with Crippen LogP contribution >= 0.6 is 0 Å². The third-order valence-electron chi connectivity index (χ3n) is 2.32. The molecule has 0 saturated heterocycles. The summed E-state index contributed by atoms with van der Waals surface area (Å²) in [6, 6.07) is 5.87. The van der Waals surface area contributed by atoms with Gasteiger partial charge in [-0.25, -0.2) is 0 Å². The van der Waals surface area contributed by atoms with E-state index in [1.807, 2.05) is 0 Å². The van der Waals surface area contributed by atoms with Gasteiger partial charge in [-0.1, -0.05) is 24.3 Å². The Hall–Kier alpha value is -1.37. The summed E-state index contributed by atoms with van der Waals surface area (Å²) >= 11 is 0. The lowest BCUT2D eigenvalue weighted by Crippen LogP contribution is -2.34. The van der Waals surface area contributed by atoms with Crippen molar-refractivity contribution in [1.82, 2.24) is 0 Å². The predicted octanol–water partition coefficient (Wildman–Crippen LogP) is -1.20. The molecule has 0 amide bonds. The van der Waals surface area contributed by atoms with Crippen molar-refractivity contribution in [2.45, 2.75) is 19.4 Å². The monoisotopic (exact) mass is 237 g/mol. The van der Waals surface area contributed by atoms with Crippen LogP contribution < -0.4 is 11.2 Å². The van der Waals surface area contributed by atoms with E-state index >= 15 is 0 Å². The summed E-state index contributed by atoms with van der Waals surface area (Å²) in [5.74, 6) is -0.432. The minimum atomic E-state index is -1.48. The van der Waals surface area contributed by atoms with Crippen molar-refractivity contribution in [3.8, 4) is 0 Å². The zero-order valence-corrected chi connectivity index (χ0v) is 9.67. The Bertz CT molecular complexity index is 366. The molecule has 0 spiro atoms. The molecule has 0 saturated carbocycles. The van der Waals surface area contributed by atoms with E-state index < -0.39 is 19.1 Å². The van der Waals surface area contributed by atoms with Crippen LogP contribution in [0.2, 0.25) is 0 Å². The lowest BCUT2D eigenvalue weighted by molar-refractivity contribution is -0.144. The van der Waals surface area contributed by atoms with E-state index in [2.05, 4.69) is 0 Å². The second kappa shape index (κ2) is 6.39. The van der Waals surface area contributed by atoms with Crippen LogP contribution in [0.15, 0.2) is 24.3 Å². The molecule has 0 heterocycles. The maximum Gasteiger partial charge on any atom is 0.488 e. The number of hydrogen-bond donors (Lipinski definition) is 3. The Morgan fingerprint density at radius 3 is 2.47 bits per heavy atom. The normalized spacial score (nSPS) is 12.0. The molecule has 4 N–H and O–H groups in total. The van der Waals surface area contributed by atoms with E-state index in [1.54, 1.807) is 31.2 Å². The molecular formula is C11H16BNO4. The number of benzene rings is 1. The highest BCUT2D eigenvalue weighted by Gasteiger charge is 2.16. The Morgan fingerprint density at radius 1 is 1.41 bits per heavy atom. The lowest BCUT2D eigenvalue weighted by Gasteiger charge is -2.10. The fraction of sp³-hybridized carbons (Fsp3) is 0.364. The molecule has 0 radical (unpaired) electrons. The smallest absolute Gasteiger partial charge is 0.465 e. The van der Waals surface area contributed by atoms with Gasteiger partial charge in [0.2, 0.25) is 0 Å². The molecule has 0 bridgehead atoms. The second-order valence-electron chi connectivity index (χ2n) is 3.68. The molecule has 0 unspecified atom stereocenters. The van der Waals surface area contributed by atoms with Gasteiger partial charge >= 0.3 is 13.1 Å². The van der Waals surface area contributed by atoms with Gasteiger partial charge in [0, 0.05) is 0 Å². The van der Waals surface area contributed by atoms with Crippen LogP contribution in [0.3, 0.4) is 0 Å². The Morgan fingerprint density at radius 2 is 2.00 bits per heavy atom. The third kappa shape index (κ3) is 4.18. The maximum absolute atomic E-state index is 11.3. The van der Waals surface area contributed by atoms with Gasteiger partial charge in [-0.2, -0.15) is 0 Å². The van der Waals surface area contributed by atoms with Crippen molar-refractivity contribution in [1.29, 1.82) is 0 Å². The molecule has 0 aromatic heterocycles. The first-order chi connectivity index (χ1) is 8.04. The summed E-state index contributed by atoms with van der Waals surface area (Å²) in [6.45, 7) is 2.03. The molecule has 0 aliphatic heterocycles. The van der Waals surface area contributed by atoms with E-state index in [0.717, 1.165) is 5.56 Å². The van der Waals surface area contributed by atoms with Crippen molar-refractivity contribution < 1.29 is 19.6 Å². The van der Waals surface area contributed by atoms with Crippen molar-refractivity contribution in [3.63, 3.8) is 0 Å². The molecule has 17 heavy (non-hydrogen) atoms. The van der Waals surface area contributed by atoms with Crippen molar-refractivity contribution in [2.24, 2.45) is 5.73 Å². The number of nitrogens with two attached hydrogens (primary N) is 1. The molecule has 1 rings (SSSR count). The number of carbonyl (C=O) groups is 1. The first-order valence-electron chi connectivity index (χ1n) is 5.41. The van der Waals surface area contributed by atoms with Crippen LogP contribution in [0.25, 0.3) is 0 Å². The van der Waals surface area contributed by atoms with E-state index in [4.69, 9.17) is 20.5 Å². The molecule has 5 nitrogen and oxygen atoms in total.